The molecule has 0 amide bonds. The SMILES string of the molecule is CCOCCNc1cccc(Oc2ccc(Cl)cc2Cl)c1. The van der Waals surface area contributed by atoms with E-state index >= 15 is 0 Å². The standard InChI is InChI=1S/C16H17Cl2NO2/c1-2-20-9-8-19-13-4-3-5-14(11-13)21-16-7-6-12(17)10-15(16)18/h3-7,10-11,19H,2,8-9H2,1H3. The second-order valence-electron chi connectivity index (χ2n) is 4.33. The molecule has 21 heavy (non-hydrogen) atoms. The third-order valence-corrected chi connectivity index (χ3v) is 3.27. The van der Waals surface area contributed by atoms with E-state index in [0.29, 0.717) is 28.2 Å². The van der Waals surface area contributed by atoms with Gasteiger partial charge in [-0.2, -0.15) is 0 Å². The molecule has 0 spiro atoms. The highest BCUT2D eigenvalue weighted by Crippen LogP contribution is 2.32. The summed E-state index contributed by atoms with van der Waals surface area (Å²) < 4.78 is 11.1. The number of hydrogen-bond acceptors (Lipinski definition) is 3. The van der Waals surface area contributed by atoms with Crippen LogP contribution in [0, 0.1) is 0 Å². The molecule has 0 fully saturated rings. The van der Waals surface area contributed by atoms with Gasteiger partial charge in [0.1, 0.15) is 11.5 Å². The lowest BCUT2D eigenvalue weighted by Gasteiger charge is -2.10. The Hall–Kier alpha value is -1.42. The highest BCUT2D eigenvalue weighted by atomic mass is 35.5. The third-order valence-electron chi connectivity index (χ3n) is 2.74. The van der Waals surface area contributed by atoms with Crippen LogP contribution < -0.4 is 10.1 Å². The van der Waals surface area contributed by atoms with Gasteiger partial charge >= 0.3 is 0 Å². The number of hydrogen-bond donors (Lipinski definition) is 1. The zero-order chi connectivity index (χ0) is 15.1. The molecule has 0 heterocycles. The van der Waals surface area contributed by atoms with Crippen molar-refractivity contribution in [3.05, 3.63) is 52.5 Å². The van der Waals surface area contributed by atoms with Crippen LogP contribution in [0.1, 0.15) is 6.92 Å². The molecule has 2 aromatic carbocycles. The van der Waals surface area contributed by atoms with Gasteiger partial charge in [-0.3, -0.25) is 0 Å². The summed E-state index contributed by atoms with van der Waals surface area (Å²) in [6.45, 7) is 4.12. The van der Waals surface area contributed by atoms with Crippen molar-refractivity contribution in [1.82, 2.24) is 0 Å². The minimum Gasteiger partial charge on any atom is -0.456 e. The van der Waals surface area contributed by atoms with Gasteiger partial charge in [0.15, 0.2) is 0 Å². The normalized spacial score (nSPS) is 10.4. The van der Waals surface area contributed by atoms with Crippen LogP contribution in [-0.2, 0) is 4.74 Å². The van der Waals surface area contributed by atoms with Crippen LogP contribution in [0.25, 0.3) is 0 Å². The first-order valence-electron chi connectivity index (χ1n) is 6.73. The molecule has 0 atom stereocenters. The van der Waals surface area contributed by atoms with Crippen molar-refractivity contribution in [3.63, 3.8) is 0 Å². The van der Waals surface area contributed by atoms with Crippen molar-refractivity contribution in [2.45, 2.75) is 6.92 Å². The number of anilines is 1. The van der Waals surface area contributed by atoms with Crippen molar-refractivity contribution < 1.29 is 9.47 Å². The molecule has 3 nitrogen and oxygen atoms in total. The molecule has 0 aliphatic carbocycles. The van der Waals surface area contributed by atoms with E-state index in [0.717, 1.165) is 18.8 Å². The minimum atomic E-state index is 0.484. The van der Waals surface area contributed by atoms with E-state index in [1.54, 1.807) is 18.2 Å². The Labute approximate surface area is 134 Å². The molecule has 0 bridgehead atoms. The van der Waals surface area contributed by atoms with Gasteiger partial charge in [-0.05, 0) is 37.3 Å². The van der Waals surface area contributed by atoms with E-state index < -0.39 is 0 Å². The maximum Gasteiger partial charge on any atom is 0.146 e. The molecule has 5 heteroatoms. The smallest absolute Gasteiger partial charge is 0.146 e. The molecule has 0 radical (unpaired) electrons. The molecule has 0 aliphatic heterocycles. The third kappa shape index (κ3) is 5.12. The first-order valence-corrected chi connectivity index (χ1v) is 7.49. The zero-order valence-electron chi connectivity index (χ0n) is 11.7. The fourth-order valence-corrected chi connectivity index (χ4v) is 2.21. The average molecular weight is 326 g/mol. The van der Waals surface area contributed by atoms with Gasteiger partial charge in [0.05, 0.1) is 11.6 Å². The predicted octanol–water partition coefficient (Wildman–Crippen LogP) is 5.23. The first-order chi connectivity index (χ1) is 10.2. The number of benzene rings is 2. The molecule has 0 saturated heterocycles. The Morgan fingerprint density at radius 1 is 1.10 bits per heavy atom. The van der Waals surface area contributed by atoms with E-state index in [1.807, 2.05) is 31.2 Å². The molecule has 0 saturated carbocycles. The van der Waals surface area contributed by atoms with Crippen LogP contribution >= 0.6 is 23.2 Å². The molecule has 2 rings (SSSR count). The average Bonchev–Trinajstić information content (AvgIpc) is 2.47. The monoisotopic (exact) mass is 325 g/mol. The summed E-state index contributed by atoms with van der Waals surface area (Å²) >= 11 is 12.0. The Morgan fingerprint density at radius 3 is 2.71 bits per heavy atom. The number of rotatable bonds is 7. The minimum absolute atomic E-state index is 0.484. The summed E-state index contributed by atoms with van der Waals surface area (Å²) in [6, 6.07) is 12.8. The number of nitrogens with one attached hydrogen (secondary N) is 1. The molecular formula is C16H17Cl2NO2. The maximum atomic E-state index is 6.10. The van der Waals surface area contributed by atoms with E-state index in [4.69, 9.17) is 32.7 Å². The lowest BCUT2D eigenvalue weighted by atomic mass is 10.3. The quantitative estimate of drug-likeness (QED) is 0.706. The van der Waals surface area contributed by atoms with Crippen LogP contribution in [0.2, 0.25) is 10.0 Å². The van der Waals surface area contributed by atoms with Crippen LogP contribution in [0.15, 0.2) is 42.5 Å². The van der Waals surface area contributed by atoms with Crippen molar-refractivity contribution in [1.29, 1.82) is 0 Å². The second-order valence-corrected chi connectivity index (χ2v) is 5.17. The molecular weight excluding hydrogens is 309 g/mol. The Morgan fingerprint density at radius 2 is 1.95 bits per heavy atom. The Kier molecular flexibility index (Phi) is 6.18. The number of ether oxygens (including phenoxy) is 2. The van der Waals surface area contributed by atoms with E-state index in [2.05, 4.69) is 5.32 Å². The summed E-state index contributed by atoms with van der Waals surface area (Å²) in [5.74, 6) is 1.29. The fourth-order valence-electron chi connectivity index (χ4n) is 1.77. The molecule has 0 aromatic heterocycles. The molecule has 0 unspecified atom stereocenters. The number of halogens is 2. The van der Waals surface area contributed by atoms with Gasteiger partial charge < -0.3 is 14.8 Å². The topological polar surface area (TPSA) is 30.5 Å². The van der Waals surface area contributed by atoms with Crippen LogP contribution in [0.5, 0.6) is 11.5 Å². The van der Waals surface area contributed by atoms with Gasteiger partial charge in [-0.15, -0.1) is 0 Å². The van der Waals surface area contributed by atoms with Gasteiger partial charge in [0.2, 0.25) is 0 Å². The van der Waals surface area contributed by atoms with Crippen LogP contribution in [-0.4, -0.2) is 19.8 Å². The van der Waals surface area contributed by atoms with Gasteiger partial charge in [-0.25, -0.2) is 0 Å². The van der Waals surface area contributed by atoms with Crippen LogP contribution in [0.3, 0.4) is 0 Å². The van der Waals surface area contributed by atoms with Crippen molar-refractivity contribution >= 4 is 28.9 Å². The molecule has 0 aliphatic rings. The van der Waals surface area contributed by atoms with E-state index in [9.17, 15) is 0 Å². The highest BCUT2D eigenvalue weighted by Gasteiger charge is 2.04. The van der Waals surface area contributed by atoms with Gasteiger partial charge in [0.25, 0.3) is 0 Å². The van der Waals surface area contributed by atoms with E-state index in [-0.39, 0.29) is 0 Å². The first kappa shape index (κ1) is 16.0. The highest BCUT2D eigenvalue weighted by molar-refractivity contribution is 6.35. The second kappa shape index (κ2) is 8.13. The molecule has 1 N–H and O–H groups in total. The summed E-state index contributed by atoms with van der Waals surface area (Å²) in [6.07, 6.45) is 0. The predicted molar refractivity (Wildman–Crippen MR) is 88.0 cm³/mol. The summed E-state index contributed by atoms with van der Waals surface area (Å²) in [4.78, 5) is 0. The maximum absolute atomic E-state index is 6.10. The molecule has 112 valence electrons. The van der Waals surface area contributed by atoms with Crippen molar-refractivity contribution in [3.8, 4) is 11.5 Å². The van der Waals surface area contributed by atoms with Gasteiger partial charge in [-0.1, -0.05) is 29.3 Å². The lowest BCUT2D eigenvalue weighted by molar-refractivity contribution is 0.158. The molecule has 2 aromatic rings. The zero-order valence-corrected chi connectivity index (χ0v) is 13.2. The van der Waals surface area contributed by atoms with Crippen LogP contribution in [0.4, 0.5) is 5.69 Å². The summed E-state index contributed by atoms with van der Waals surface area (Å²) in [5, 5.41) is 4.34. The van der Waals surface area contributed by atoms with Crippen molar-refractivity contribution in [2.24, 2.45) is 0 Å². The lowest BCUT2D eigenvalue weighted by Crippen LogP contribution is -2.08. The van der Waals surface area contributed by atoms with Gasteiger partial charge in [0, 0.05) is 29.9 Å². The largest absolute Gasteiger partial charge is 0.456 e. The van der Waals surface area contributed by atoms with E-state index in [1.165, 1.54) is 0 Å². The van der Waals surface area contributed by atoms with Crippen molar-refractivity contribution in [2.75, 3.05) is 25.1 Å². The Balaban J connectivity index is 2.00. The summed E-state index contributed by atoms with van der Waals surface area (Å²) in [5.41, 5.74) is 0.970. The Bertz CT molecular complexity index is 590. The fraction of sp³-hybridized carbons (Fsp3) is 0.250. The summed E-state index contributed by atoms with van der Waals surface area (Å²) in [7, 11) is 0.